The molecule has 3 heterocycles. The Morgan fingerprint density at radius 3 is 2.33 bits per heavy atom. The highest BCUT2D eigenvalue weighted by molar-refractivity contribution is 7.86. The van der Waals surface area contributed by atoms with Crippen molar-refractivity contribution in [3.63, 3.8) is 0 Å². The van der Waals surface area contributed by atoms with Crippen molar-refractivity contribution in [2.24, 2.45) is 0 Å². The van der Waals surface area contributed by atoms with Gasteiger partial charge >= 0.3 is 0 Å². The number of hydrogen-bond donors (Lipinski definition) is 0. The van der Waals surface area contributed by atoms with E-state index in [1.807, 2.05) is 25.3 Å². The third-order valence-electron chi connectivity index (χ3n) is 3.95. The number of piperazine rings is 1. The van der Waals surface area contributed by atoms with Gasteiger partial charge in [-0.25, -0.2) is 14.6 Å². The second-order valence-corrected chi connectivity index (χ2v) is 7.95. The molecular weight excluding hydrogens is 330 g/mol. The lowest BCUT2D eigenvalue weighted by Crippen LogP contribution is -2.51. The summed E-state index contributed by atoms with van der Waals surface area (Å²) in [7, 11) is -0.269. The van der Waals surface area contributed by atoms with Gasteiger partial charge in [-0.05, 0) is 13.0 Å². The molecule has 10 heteroatoms. The van der Waals surface area contributed by atoms with E-state index in [-0.39, 0.29) is 0 Å². The van der Waals surface area contributed by atoms with Crippen molar-refractivity contribution in [2.75, 3.05) is 45.2 Å². The van der Waals surface area contributed by atoms with Gasteiger partial charge in [-0.1, -0.05) is 0 Å². The van der Waals surface area contributed by atoms with Crippen LogP contribution < -0.4 is 4.90 Å². The van der Waals surface area contributed by atoms with E-state index >= 15 is 0 Å². The molecular formula is C14H21N7O2S. The van der Waals surface area contributed by atoms with Gasteiger partial charge in [0.2, 0.25) is 0 Å². The van der Waals surface area contributed by atoms with E-state index in [2.05, 4.69) is 20.0 Å². The molecule has 1 fully saturated rings. The van der Waals surface area contributed by atoms with E-state index in [1.54, 1.807) is 18.8 Å². The molecule has 0 amide bonds. The van der Waals surface area contributed by atoms with Gasteiger partial charge < -0.3 is 4.90 Å². The molecule has 0 aliphatic carbocycles. The van der Waals surface area contributed by atoms with Crippen LogP contribution in [-0.2, 0) is 10.2 Å². The van der Waals surface area contributed by atoms with Gasteiger partial charge in [0.15, 0.2) is 5.82 Å². The Kier molecular flexibility index (Phi) is 4.52. The normalized spacial score (nSPS) is 16.8. The lowest BCUT2D eigenvalue weighted by Gasteiger charge is -2.35. The van der Waals surface area contributed by atoms with Crippen LogP contribution >= 0.6 is 0 Å². The Morgan fingerprint density at radius 2 is 1.75 bits per heavy atom. The van der Waals surface area contributed by atoms with Crippen LogP contribution in [0.5, 0.6) is 0 Å². The van der Waals surface area contributed by atoms with E-state index < -0.39 is 10.2 Å². The van der Waals surface area contributed by atoms with Crippen molar-refractivity contribution < 1.29 is 8.42 Å². The third kappa shape index (κ3) is 3.25. The van der Waals surface area contributed by atoms with Crippen LogP contribution in [0.25, 0.3) is 5.82 Å². The lowest BCUT2D eigenvalue weighted by atomic mass is 10.3. The second-order valence-electron chi connectivity index (χ2n) is 5.81. The smallest absolute Gasteiger partial charge is 0.281 e. The summed E-state index contributed by atoms with van der Waals surface area (Å²) in [6.45, 7) is 3.95. The number of nitrogens with zero attached hydrogens (tertiary/aromatic N) is 7. The molecule has 2 aromatic heterocycles. The summed E-state index contributed by atoms with van der Waals surface area (Å²) in [4.78, 5) is 10.6. The van der Waals surface area contributed by atoms with Crippen LogP contribution in [0.2, 0.25) is 0 Å². The summed E-state index contributed by atoms with van der Waals surface area (Å²) >= 11 is 0. The van der Waals surface area contributed by atoms with E-state index in [0.717, 1.165) is 11.5 Å². The molecule has 0 bridgehead atoms. The molecule has 9 nitrogen and oxygen atoms in total. The van der Waals surface area contributed by atoms with Gasteiger partial charge in [0, 0.05) is 52.5 Å². The molecule has 0 aromatic carbocycles. The number of anilines is 1. The van der Waals surface area contributed by atoms with Crippen LogP contribution in [0, 0.1) is 6.92 Å². The molecule has 0 spiro atoms. The Balaban J connectivity index is 1.73. The summed E-state index contributed by atoms with van der Waals surface area (Å²) in [5, 5.41) is 4.35. The highest BCUT2D eigenvalue weighted by atomic mass is 32.2. The first-order chi connectivity index (χ1) is 11.4. The summed E-state index contributed by atoms with van der Waals surface area (Å²) in [6.07, 6.45) is 3.35. The molecule has 1 aliphatic rings. The lowest BCUT2D eigenvalue weighted by molar-refractivity contribution is 0.355. The molecule has 24 heavy (non-hydrogen) atoms. The largest absolute Gasteiger partial charge is 0.354 e. The van der Waals surface area contributed by atoms with Crippen molar-refractivity contribution in [1.82, 2.24) is 28.4 Å². The van der Waals surface area contributed by atoms with Crippen LogP contribution in [-0.4, -0.2) is 77.1 Å². The van der Waals surface area contributed by atoms with E-state index in [1.165, 1.54) is 14.9 Å². The van der Waals surface area contributed by atoms with Crippen molar-refractivity contribution in [2.45, 2.75) is 6.92 Å². The van der Waals surface area contributed by atoms with Crippen molar-refractivity contribution in [3.05, 3.63) is 30.4 Å². The van der Waals surface area contributed by atoms with Crippen LogP contribution in [0.15, 0.2) is 24.7 Å². The Hall–Kier alpha value is -2.04. The third-order valence-corrected chi connectivity index (χ3v) is 5.89. The summed E-state index contributed by atoms with van der Waals surface area (Å²) in [6, 6.07) is 3.77. The number of hydrogen-bond acceptors (Lipinski definition) is 6. The second kappa shape index (κ2) is 6.46. The van der Waals surface area contributed by atoms with Crippen LogP contribution in [0.4, 0.5) is 5.82 Å². The Bertz CT molecular complexity index is 810. The molecule has 0 radical (unpaired) electrons. The quantitative estimate of drug-likeness (QED) is 0.764. The topological polar surface area (TPSA) is 87.5 Å². The van der Waals surface area contributed by atoms with Crippen LogP contribution in [0.3, 0.4) is 0 Å². The highest BCUT2D eigenvalue weighted by Gasteiger charge is 2.29. The molecule has 3 rings (SSSR count). The predicted molar refractivity (Wildman–Crippen MR) is 90.3 cm³/mol. The van der Waals surface area contributed by atoms with Gasteiger partial charge in [-0.15, -0.1) is 0 Å². The SMILES string of the molecule is Cc1ccn(-c2cc(N3CCN(S(=O)(=O)N(C)C)CC3)ncn2)n1. The van der Waals surface area contributed by atoms with Crippen LogP contribution in [0.1, 0.15) is 5.69 Å². The maximum atomic E-state index is 12.2. The average molecular weight is 351 g/mol. The first kappa shape index (κ1) is 16.8. The molecule has 130 valence electrons. The van der Waals surface area contributed by atoms with Crippen molar-refractivity contribution in [1.29, 1.82) is 0 Å². The molecule has 1 aliphatic heterocycles. The molecule has 0 saturated carbocycles. The minimum atomic E-state index is -3.36. The summed E-state index contributed by atoms with van der Waals surface area (Å²) in [5.41, 5.74) is 0.915. The Labute approximate surface area is 141 Å². The van der Waals surface area contributed by atoms with E-state index in [9.17, 15) is 8.42 Å². The first-order valence-electron chi connectivity index (χ1n) is 7.65. The number of aromatic nitrogens is 4. The predicted octanol–water partition coefficient (Wildman–Crippen LogP) is -0.101. The maximum absolute atomic E-state index is 12.2. The van der Waals surface area contributed by atoms with Gasteiger partial charge in [0.1, 0.15) is 12.1 Å². The monoisotopic (exact) mass is 351 g/mol. The zero-order valence-electron chi connectivity index (χ0n) is 14.0. The molecule has 2 aromatic rings. The molecule has 0 N–H and O–H groups in total. The average Bonchev–Trinajstić information content (AvgIpc) is 3.01. The molecule has 0 unspecified atom stereocenters. The van der Waals surface area contributed by atoms with Crippen molar-refractivity contribution >= 4 is 16.0 Å². The fourth-order valence-corrected chi connectivity index (χ4v) is 3.64. The fraction of sp³-hybridized carbons (Fsp3) is 0.500. The zero-order chi connectivity index (χ0) is 17.3. The Morgan fingerprint density at radius 1 is 1.08 bits per heavy atom. The number of rotatable bonds is 4. The summed E-state index contributed by atoms with van der Waals surface area (Å²) < 4.78 is 28.8. The van der Waals surface area contributed by atoms with Gasteiger partial charge in [0.05, 0.1) is 5.69 Å². The fourth-order valence-electron chi connectivity index (χ4n) is 2.56. The van der Waals surface area contributed by atoms with Gasteiger partial charge in [-0.3, -0.25) is 0 Å². The first-order valence-corrected chi connectivity index (χ1v) is 9.05. The zero-order valence-corrected chi connectivity index (χ0v) is 14.8. The maximum Gasteiger partial charge on any atom is 0.281 e. The van der Waals surface area contributed by atoms with Gasteiger partial charge in [0.25, 0.3) is 10.2 Å². The highest BCUT2D eigenvalue weighted by Crippen LogP contribution is 2.17. The summed E-state index contributed by atoms with van der Waals surface area (Å²) in [5.74, 6) is 1.46. The van der Waals surface area contributed by atoms with Gasteiger partial charge in [-0.2, -0.15) is 22.1 Å². The van der Waals surface area contributed by atoms with Crippen molar-refractivity contribution in [3.8, 4) is 5.82 Å². The number of aryl methyl sites for hydroxylation is 1. The molecule has 0 atom stereocenters. The van der Waals surface area contributed by atoms with E-state index in [4.69, 9.17) is 0 Å². The minimum absolute atomic E-state index is 0.431. The minimum Gasteiger partial charge on any atom is -0.354 e. The van der Waals surface area contributed by atoms with E-state index in [0.29, 0.717) is 32.0 Å². The molecule has 1 saturated heterocycles. The standard InChI is InChI=1S/C14H21N7O2S/c1-12-4-5-21(17-12)14-10-13(15-11-16-14)19-6-8-20(9-7-19)24(22,23)18(2)3/h4-5,10-11H,6-9H2,1-3H3.